The highest BCUT2D eigenvalue weighted by Crippen LogP contribution is 2.30. The summed E-state index contributed by atoms with van der Waals surface area (Å²) >= 11 is 0. The molecule has 3 heterocycles. The first-order chi connectivity index (χ1) is 18.9. The van der Waals surface area contributed by atoms with E-state index in [0.29, 0.717) is 48.0 Å². The molecule has 0 atom stereocenters. The first-order valence-electron chi connectivity index (χ1n) is 13.1. The predicted octanol–water partition coefficient (Wildman–Crippen LogP) is 4.01. The van der Waals surface area contributed by atoms with Crippen LogP contribution in [0.2, 0.25) is 0 Å². The van der Waals surface area contributed by atoms with Crippen LogP contribution in [0.4, 0.5) is 11.4 Å². The second kappa shape index (κ2) is 11.5. The van der Waals surface area contributed by atoms with Crippen LogP contribution in [0.1, 0.15) is 52.5 Å². The van der Waals surface area contributed by atoms with Crippen molar-refractivity contribution in [2.75, 3.05) is 18.8 Å². The average Bonchev–Trinajstić information content (AvgIpc) is 3.12. The number of carbonyl (C=O) groups excluding carboxylic acids is 2. The molecule has 2 amide bonds. The van der Waals surface area contributed by atoms with Crippen molar-refractivity contribution in [3.63, 3.8) is 0 Å². The lowest BCUT2D eigenvalue weighted by molar-refractivity contribution is -0.187. The fraction of sp³-hybridized carbons (Fsp3) is 0.267. The molecule has 0 bridgehead atoms. The Morgan fingerprint density at radius 1 is 1.10 bits per heavy atom. The minimum atomic E-state index is -0.265. The third-order valence-corrected chi connectivity index (χ3v) is 6.79. The van der Waals surface area contributed by atoms with Crippen LogP contribution in [0, 0.1) is 0 Å². The summed E-state index contributed by atoms with van der Waals surface area (Å²) in [5, 5.41) is 1.38. The van der Waals surface area contributed by atoms with E-state index >= 15 is 0 Å². The Hall–Kier alpha value is -4.50. The summed E-state index contributed by atoms with van der Waals surface area (Å²) in [5.41, 5.74) is 18.0. The van der Waals surface area contributed by atoms with E-state index in [2.05, 4.69) is 9.98 Å². The quantitative estimate of drug-likeness (QED) is 0.355. The highest BCUT2D eigenvalue weighted by molar-refractivity contribution is 6.05. The molecule has 9 nitrogen and oxygen atoms in total. The number of aromatic nitrogens is 1. The molecule has 4 N–H and O–H groups in total. The lowest BCUT2D eigenvalue weighted by Gasteiger charge is -2.28. The van der Waals surface area contributed by atoms with Crippen molar-refractivity contribution in [1.82, 2.24) is 14.9 Å². The van der Waals surface area contributed by atoms with Crippen molar-refractivity contribution in [1.29, 1.82) is 0 Å². The number of amidine groups is 1. The summed E-state index contributed by atoms with van der Waals surface area (Å²) < 4.78 is 0. The van der Waals surface area contributed by atoms with Gasteiger partial charge in [0.05, 0.1) is 5.69 Å². The van der Waals surface area contributed by atoms with Gasteiger partial charge >= 0.3 is 0 Å². The van der Waals surface area contributed by atoms with E-state index in [-0.39, 0.29) is 24.8 Å². The number of nitrogens with zero attached hydrogens (tertiary/aromatic N) is 4. The van der Waals surface area contributed by atoms with Gasteiger partial charge in [0.25, 0.3) is 11.8 Å². The topological polar surface area (TPSA) is 127 Å². The number of nitrogens with two attached hydrogens (primary N) is 2. The van der Waals surface area contributed by atoms with Crippen molar-refractivity contribution < 1.29 is 14.4 Å². The van der Waals surface area contributed by atoms with Crippen LogP contribution in [0.15, 0.2) is 71.4 Å². The van der Waals surface area contributed by atoms with Crippen LogP contribution in [0.25, 0.3) is 6.08 Å². The standard InChI is InChI=1S/C30H32N6O3/c1-2-13-36(39-19-20-5-9-25(31)10-6-20)30(38)24-15-21-7-8-22(16-27(21)34-28(32)17-24)29(37)35-14-11-26-23(18-35)4-3-12-33-26/h3-10,12,15-16H,2,11,13-14,17-19,31H2,1H3,(H2,32,34). The van der Waals surface area contributed by atoms with Crippen LogP contribution >= 0.6 is 0 Å². The number of aliphatic imine (C=N–C) groups is 1. The molecule has 2 aromatic carbocycles. The van der Waals surface area contributed by atoms with Crippen molar-refractivity contribution >= 4 is 35.1 Å². The van der Waals surface area contributed by atoms with Gasteiger partial charge < -0.3 is 16.4 Å². The van der Waals surface area contributed by atoms with E-state index in [1.54, 1.807) is 36.5 Å². The number of nitrogen functional groups attached to an aromatic ring is 1. The number of fused-ring (bicyclic) bond motifs is 2. The molecule has 200 valence electrons. The van der Waals surface area contributed by atoms with Crippen LogP contribution in [0.3, 0.4) is 0 Å². The van der Waals surface area contributed by atoms with Crippen LogP contribution in [-0.4, -0.2) is 45.7 Å². The first-order valence-corrected chi connectivity index (χ1v) is 13.1. The number of hydrogen-bond donors (Lipinski definition) is 2. The zero-order chi connectivity index (χ0) is 27.4. The van der Waals surface area contributed by atoms with Gasteiger partial charge in [-0.25, -0.2) is 10.1 Å². The molecule has 0 saturated carbocycles. The average molecular weight is 525 g/mol. The maximum Gasteiger partial charge on any atom is 0.273 e. The third-order valence-electron chi connectivity index (χ3n) is 6.79. The van der Waals surface area contributed by atoms with Gasteiger partial charge in [-0.15, -0.1) is 0 Å². The molecule has 0 aliphatic carbocycles. The van der Waals surface area contributed by atoms with Gasteiger partial charge in [-0.3, -0.25) is 19.4 Å². The Bertz CT molecular complexity index is 1450. The van der Waals surface area contributed by atoms with Crippen molar-refractivity contribution in [2.24, 2.45) is 10.7 Å². The SMILES string of the molecule is CCCN(OCc1ccc(N)cc1)C(=O)C1=Cc2ccc(C(=O)N3CCc4ncccc4C3)cc2N=C(N)C1. The smallest absolute Gasteiger partial charge is 0.273 e. The van der Waals surface area contributed by atoms with E-state index in [0.717, 1.165) is 35.2 Å². The van der Waals surface area contributed by atoms with E-state index in [1.165, 1.54) is 5.06 Å². The Morgan fingerprint density at radius 3 is 2.72 bits per heavy atom. The van der Waals surface area contributed by atoms with Gasteiger partial charge in [-0.1, -0.05) is 31.2 Å². The molecule has 0 radical (unpaired) electrons. The van der Waals surface area contributed by atoms with Crippen molar-refractivity contribution in [3.8, 4) is 0 Å². The zero-order valence-electron chi connectivity index (χ0n) is 22.0. The molecular weight excluding hydrogens is 492 g/mol. The predicted molar refractivity (Wildman–Crippen MR) is 151 cm³/mol. The Kier molecular flexibility index (Phi) is 7.69. The van der Waals surface area contributed by atoms with Crippen molar-refractivity contribution in [2.45, 2.75) is 39.3 Å². The first kappa shape index (κ1) is 26.1. The Morgan fingerprint density at radius 2 is 1.92 bits per heavy atom. The molecule has 0 fully saturated rings. The van der Waals surface area contributed by atoms with Gasteiger partial charge in [0, 0.05) is 66.8 Å². The summed E-state index contributed by atoms with van der Waals surface area (Å²) in [4.78, 5) is 43.5. The van der Waals surface area contributed by atoms with E-state index < -0.39 is 0 Å². The monoisotopic (exact) mass is 524 g/mol. The van der Waals surface area contributed by atoms with Gasteiger partial charge in [0.2, 0.25) is 0 Å². The highest BCUT2D eigenvalue weighted by Gasteiger charge is 2.25. The van der Waals surface area contributed by atoms with Gasteiger partial charge in [0.15, 0.2) is 0 Å². The molecular formula is C30H32N6O3. The molecule has 5 rings (SSSR count). The minimum absolute atomic E-state index is 0.0733. The van der Waals surface area contributed by atoms with E-state index in [1.807, 2.05) is 42.2 Å². The molecule has 2 aliphatic rings. The second-order valence-corrected chi connectivity index (χ2v) is 9.73. The van der Waals surface area contributed by atoms with Crippen LogP contribution in [-0.2, 0) is 29.2 Å². The number of benzene rings is 2. The number of hydroxylamine groups is 2. The molecule has 1 aromatic heterocycles. The number of anilines is 1. The summed E-state index contributed by atoms with van der Waals surface area (Å²) in [6, 6.07) is 16.6. The van der Waals surface area contributed by atoms with E-state index in [4.69, 9.17) is 16.3 Å². The molecule has 39 heavy (non-hydrogen) atoms. The fourth-order valence-electron chi connectivity index (χ4n) is 4.74. The minimum Gasteiger partial charge on any atom is -0.399 e. The summed E-state index contributed by atoms with van der Waals surface area (Å²) in [6.07, 6.45) is 5.20. The number of carbonyl (C=O) groups is 2. The van der Waals surface area contributed by atoms with Gasteiger partial charge in [0.1, 0.15) is 12.4 Å². The summed E-state index contributed by atoms with van der Waals surface area (Å²) in [5.74, 6) is -0.0410. The summed E-state index contributed by atoms with van der Waals surface area (Å²) in [7, 11) is 0. The molecule has 0 spiro atoms. The van der Waals surface area contributed by atoms with Gasteiger partial charge in [-0.2, -0.15) is 0 Å². The van der Waals surface area contributed by atoms with Crippen LogP contribution in [0.5, 0.6) is 0 Å². The third kappa shape index (κ3) is 5.99. The second-order valence-electron chi connectivity index (χ2n) is 9.73. The molecule has 0 saturated heterocycles. The zero-order valence-corrected chi connectivity index (χ0v) is 22.0. The van der Waals surface area contributed by atoms with Crippen LogP contribution < -0.4 is 11.5 Å². The molecule has 9 heteroatoms. The molecule has 0 unspecified atom stereocenters. The van der Waals surface area contributed by atoms with Gasteiger partial charge in [-0.05, 0) is 54.0 Å². The van der Waals surface area contributed by atoms with E-state index in [9.17, 15) is 9.59 Å². The lowest BCUT2D eigenvalue weighted by atomic mass is 10.0. The highest BCUT2D eigenvalue weighted by atomic mass is 16.7. The largest absolute Gasteiger partial charge is 0.399 e. The normalized spacial score (nSPS) is 14.4. The number of rotatable bonds is 7. The number of hydrogen-bond acceptors (Lipinski definition) is 7. The Balaban J connectivity index is 1.34. The number of pyridine rings is 1. The number of amides is 2. The molecule has 2 aliphatic heterocycles. The fourth-order valence-corrected chi connectivity index (χ4v) is 4.74. The lowest BCUT2D eigenvalue weighted by Crippen LogP contribution is -2.36. The van der Waals surface area contributed by atoms with Crippen molar-refractivity contribution in [3.05, 3.63) is 94.3 Å². The molecule has 3 aromatic rings. The summed E-state index contributed by atoms with van der Waals surface area (Å²) in [6.45, 7) is 3.77. The Labute approximate surface area is 227 Å². The maximum absolute atomic E-state index is 13.5. The maximum atomic E-state index is 13.5.